The number of imide groups is 2. The van der Waals surface area contributed by atoms with Crippen molar-refractivity contribution >= 4 is 119 Å². The minimum atomic E-state index is -5.06. The van der Waals surface area contributed by atoms with Crippen LogP contribution in [-0.4, -0.2) is 172 Å². The molecule has 27 nitrogen and oxygen atoms in total. The van der Waals surface area contributed by atoms with E-state index in [4.69, 9.17) is 9.11 Å². The normalized spacial score (nSPS) is 22.7. The third-order valence-corrected chi connectivity index (χ3v) is 15.0. The monoisotopic (exact) mass is 976 g/mol. The number of hydrogen-bond acceptors (Lipinski definition) is 20. The molecule has 0 saturated carbocycles. The highest BCUT2D eigenvalue weighted by atomic mass is 33.1. The van der Waals surface area contributed by atoms with Gasteiger partial charge in [-0.25, -0.2) is 14.4 Å². The molecule has 4 aliphatic rings. The van der Waals surface area contributed by atoms with Gasteiger partial charge in [-0.05, 0) is 12.8 Å². The summed E-state index contributed by atoms with van der Waals surface area (Å²) in [5, 5.41) is 9.66. The molecule has 4 heterocycles. The quantitative estimate of drug-likeness (QED) is 0.0119. The van der Waals surface area contributed by atoms with E-state index in [1.54, 1.807) is 11.8 Å². The lowest BCUT2D eigenvalue weighted by atomic mass is 10.0. The zero-order valence-corrected chi connectivity index (χ0v) is 36.0. The molecule has 0 aliphatic carbocycles. The van der Waals surface area contributed by atoms with Crippen LogP contribution in [0.2, 0.25) is 0 Å². The van der Waals surface area contributed by atoms with E-state index in [2.05, 4.69) is 30.9 Å². The lowest BCUT2D eigenvalue weighted by Crippen LogP contribution is -2.56. The summed E-state index contributed by atoms with van der Waals surface area (Å²) in [5.74, 6) is -11.6. The van der Waals surface area contributed by atoms with Gasteiger partial charge in [-0.1, -0.05) is 28.0 Å². The average Bonchev–Trinajstić information content (AvgIpc) is 3.91. The van der Waals surface area contributed by atoms with Crippen molar-refractivity contribution in [3.05, 3.63) is 0 Å². The number of hydrogen-bond donors (Lipinski definition) is 8. The van der Waals surface area contributed by atoms with Gasteiger partial charge in [0.05, 0.1) is 24.9 Å². The lowest BCUT2D eigenvalue weighted by molar-refractivity contribution is -0.196. The molecule has 32 heteroatoms. The number of rotatable bonds is 23. The van der Waals surface area contributed by atoms with E-state index in [0.29, 0.717) is 30.4 Å². The number of nitrogens with zero attached hydrogens (tertiary/aromatic N) is 2. The smallest absolute Gasteiger partial charge is 0.352 e. The lowest BCUT2D eigenvalue weighted by Gasteiger charge is -2.19. The molecule has 0 aromatic heterocycles. The average molecular weight is 977 g/mol. The van der Waals surface area contributed by atoms with Gasteiger partial charge in [0.1, 0.15) is 13.1 Å². The van der Waals surface area contributed by atoms with Gasteiger partial charge in [-0.15, -0.1) is 10.1 Å². The van der Waals surface area contributed by atoms with E-state index in [-0.39, 0.29) is 46.3 Å². The number of unbranched alkanes of at least 4 members (excludes halogenated alkanes) is 1. The second-order valence-corrected chi connectivity index (χ2v) is 20.6. The Bertz CT molecular complexity index is 1970. The van der Waals surface area contributed by atoms with Crippen LogP contribution >= 0.6 is 33.3 Å². The molecule has 344 valence electrons. The Hall–Kier alpha value is -4.76. The van der Waals surface area contributed by atoms with Crippen LogP contribution in [0.15, 0.2) is 0 Å². The van der Waals surface area contributed by atoms with Gasteiger partial charge in [0.15, 0.2) is 16.5 Å². The van der Waals surface area contributed by atoms with Crippen molar-refractivity contribution in [2.24, 2.45) is 0 Å². The second kappa shape index (κ2) is 22.0. The zero-order valence-electron chi connectivity index (χ0n) is 31.9. The highest BCUT2D eigenvalue weighted by Crippen LogP contribution is 2.33. The second-order valence-electron chi connectivity index (χ2n) is 13.4. The Morgan fingerprint density at radius 2 is 1.27 bits per heavy atom. The van der Waals surface area contributed by atoms with Crippen molar-refractivity contribution in [3.63, 3.8) is 0 Å². The van der Waals surface area contributed by atoms with Crippen LogP contribution in [0.3, 0.4) is 0 Å². The van der Waals surface area contributed by atoms with Gasteiger partial charge in [0.2, 0.25) is 11.8 Å². The highest BCUT2D eigenvalue weighted by molar-refractivity contribution is 8.76. The maximum absolute atomic E-state index is 13.0. The van der Waals surface area contributed by atoms with E-state index in [1.807, 2.05) is 10.6 Å². The summed E-state index contributed by atoms with van der Waals surface area (Å²) in [7, 11) is -7.62. The van der Waals surface area contributed by atoms with E-state index in [9.17, 15) is 69.6 Å². The molecule has 10 amide bonds. The zero-order chi connectivity index (χ0) is 45.9. The third kappa shape index (κ3) is 14.1. The van der Waals surface area contributed by atoms with Crippen LogP contribution in [0.5, 0.6) is 0 Å². The van der Waals surface area contributed by atoms with E-state index < -0.39 is 116 Å². The molecule has 62 heavy (non-hydrogen) atoms. The topological polar surface area (TPSA) is 394 Å². The number of fused-ring (bicyclic) bond motifs is 1. The van der Waals surface area contributed by atoms with Crippen molar-refractivity contribution in [1.29, 1.82) is 0 Å². The standard InChI is InChI=1S/C30H40N8O19S5/c39-18(4-2-1-3-15-24-14(13-58-15)34-30(49)36-24)31-6-8-60-59-7-5-19(40)35-25(26(45)32-11-22(43)56-37-20(41)9-16(28(37)47)61(50,51)52)27(46)33-12-23(44)57-38-21(42)10-17(29(38)48)62(53,54)55/h14-17,24-25H,1-13H2,(H,31,39)(H,32,45)(H,33,46)(H,35,40)(H2,34,36,49)(H,50,51,52)(H,53,54,55). The number of amides is 10. The fourth-order valence-electron chi connectivity index (χ4n) is 5.94. The Kier molecular flexibility index (Phi) is 17.7. The first kappa shape index (κ1) is 49.9. The molecule has 0 radical (unpaired) electrons. The first-order chi connectivity index (χ1) is 29.1. The van der Waals surface area contributed by atoms with Crippen molar-refractivity contribution in [3.8, 4) is 0 Å². The molecule has 8 N–H and O–H groups in total. The van der Waals surface area contributed by atoms with Crippen LogP contribution in [-0.2, 0) is 77.9 Å². The fraction of sp³-hybridized carbons (Fsp3) is 0.633. The van der Waals surface area contributed by atoms with Gasteiger partial charge in [0, 0.05) is 41.9 Å². The van der Waals surface area contributed by atoms with Gasteiger partial charge in [-0.2, -0.15) is 28.6 Å². The van der Waals surface area contributed by atoms with Crippen LogP contribution in [0.25, 0.3) is 0 Å². The summed E-state index contributed by atoms with van der Waals surface area (Å²) in [6.45, 7) is -2.09. The summed E-state index contributed by atoms with van der Waals surface area (Å²) in [6.07, 6.45) is 0.240. The molecule has 0 spiro atoms. The van der Waals surface area contributed by atoms with Crippen LogP contribution in [0.4, 0.5) is 4.79 Å². The van der Waals surface area contributed by atoms with E-state index >= 15 is 0 Å². The van der Waals surface area contributed by atoms with Crippen LogP contribution in [0, 0.1) is 0 Å². The number of carbonyl (C=O) groups excluding carboxylic acids is 11. The number of urea groups is 1. The molecule has 0 aromatic rings. The summed E-state index contributed by atoms with van der Waals surface area (Å²) in [5.41, 5.74) is 0. The van der Waals surface area contributed by atoms with Crippen LogP contribution in [0.1, 0.15) is 44.9 Å². The molecule has 4 aliphatic heterocycles. The summed E-state index contributed by atoms with van der Waals surface area (Å²) in [6, 6.07) is -2.17. The predicted molar refractivity (Wildman–Crippen MR) is 210 cm³/mol. The van der Waals surface area contributed by atoms with Crippen molar-refractivity contribution in [1.82, 2.24) is 42.0 Å². The van der Waals surface area contributed by atoms with Gasteiger partial charge < -0.3 is 41.6 Å². The SMILES string of the molecule is O=C(CCCCC1SCC2NC(=O)NC21)NCCSSCCC(=O)NC(C(=O)NCC(=O)ON1C(=O)CC(S(=O)(=O)O)C1=O)C(=O)NCC(=O)ON1C(=O)CC(S(=O)(=O)O)C1=O. The summed E-state index contributed by atoms with van der Waals surface area (Å²) < 4.78 is 63.6. The maximum Gasteiger partial charge on any atom is 0.352 e. The highest BCUT2D eigenvalue weighted by Gasteiger charge is 2.50. The Morgan fingerprint density at radius 3 is 1.79 bits per heavy atom. The molecule has 0 aromatic carbocycles. The number of carbonyl (C=O) groups is 11. The summed E-state index contributed by atoms with van der Waals surface area (Å²) >= 11 is 1.79. The van der Waals surface area contributed by atoms with Gasteiger partial charge in [-0.3, -0.25) is 47.5 Å². The van der Waals surface area contributed by atoms with E-state index in [0.717, 1.165) is 18.6 Å². The fourth-order valence-corrected chi connectivity index (χ4v) is 10.8. The summed E-state index contributed by atoms with van der Waals surface area (Å²) in [4.78, 5) is 144. The van der Waals surface area contributed by atoms with Crippen molar-refractivity contribution in [2.75, 3.05) is 36.9 Å². The molecule has 0 bridgehead atoms. The minimum absolute atomic E-state index is 0.0927. The first-order valence-electron chi connectivity index (χ1n) is 18.2. The Morgan fingerprint density at radius 1 is 0.742 bits per heavy atom. The molecular formula is C30H40N8O19S5. The Labute approximate surface area is 363 Å². The van der Waals surface area contributed by atoms with Crippen LogP contribution < -0.4 is 31.9 Å². The molecule has 5 atom stereocenters. The van der Waals surface area contributed by atoms with Crippen molar-refractivity contribution in [2.45, 2.75) is 78.8 Å². The molecule has 4 fully saturated rings. The van der Waals surface area contributed by atoms with E-state index in [1.165, 1.54) is 21.6 Å². The largest absolute Gasteiger partial charge is 0.355 e. The minimum Gasteiger partial charge on any atom is -0.355 e. The predicted octanol–water partition coefficient (Wildman–Crippen LogP) is -4.74. The maximum atomic E-state index is 13.0. The third-order valence-electron chi connectivity index (χ3n) is 8.96. The van der Waals surface area contributed by atoms with Gasteiger partial charge >= 0.3 is 18.0 Å². The first-order valence-corrected chi connectivity index (χ1v) is 24.7. The number of thioether (sulfide) groups is 1. The Balaban J connectivity index is 1.20. The molecule has 4 saturated heterocycles. The molecule has 5 unspecified atom stereocenters. The molecule has 4 rings (SSSR count). The van der Waals surface area contributed by atoms with Crippen molar-refractivity contribution < 1.29 is 88.4 Å². The molecular weight excluding hydrogens is 937 g/mol. The van der Waals surface area contributed by atoms with Gasteiger partial charge in [0.25, 0.3) is 55.7 Å². The number of hydroxylamine groups is 4. The number of nitrogens with one attached hydrogen (secondary N) is 6.